The minimum atomic E-state index is -1.03. The molecule has 0 bridgehead atoms. The Morgan fingerprint density at radius 2 is 1.71 bits per heavy atom. The fraction of sp³-hybridized carbons (Fsp3) is 0.500. The molecule has 0 spiro atoms. The van der Waals surface area contributed by atoms with E-state index in [-0.39, 0.29) is 11.8 Å². The van der Waals surface area contributed by atoms with Gasteiger partial charge >= 0.3 is 0 Å². The third kappa shape index (κ3) is 3.55. The maximum absolute atomic E-state index is 9.81. The largest absolute Gasteiger partial charge is 0.389 e. The van der Waals surface area contributed by atoms with Crippen LogP contribution in [0.4, 0.5) is 0 Å². The summed E-state index contributed by atoms with van der Waals surface area (Å²) in [5.74, 6) is 0. The lowest BCUT2D eigenvalue weighted by atomic mass is 9.86. The van der Waals surface area contributed by atoms with Crippen LogP contribution in [0.3, 0.4) is 0 Å². The zero-order valence-corrected chi connectivity index (χ0v) is 10.5. The summed E-state index contributed by atoms with van der Waals surface area (Å²) < 4.78 is 0. The number of hydrogen-bond acceptors (Lipinski definition) is 3. The zero-order chi connectivity index (χ0) is 13.1. The molecule has 0 heterocycles. The Labute approximate surface area is 102 Å². The summed E-state index contributed by atoms with van der Waals surface area (Å²) >= 11 is 0. The first-order valence-corrected chi connectivity index (χ1v) is 5.70. The Morgan fingerprint density at radius 1 is 1.18 bits per heavy atom. The SMILES string of the molecule is CC(C)(C)c1ccc(C(O)C(O)CC#N)cc1. The van der Waals surface area contributed by atoms with Gasteiger partial charge in [-0.25, -0.2) is 0 Å². The molecule has 1 rings (SSSR count). The van der Waals surface area contributed by atoms with E-state index < -0.39 is 12.2 Å². The van der Waals surface area contributed by atoms with E-state index in [9.17, 15) is 10.2 Å². The predicted octanol–water partition coefficient (Wildman–Crippen LogP) is 2.29. The smallest absolute Gasteiger partial charge is 0.106 e. The Kier molecular flexibility index (Phi) is 4.28. The summed E-state index contributed by atoms with van der Waals surface area (Å²) in [4.78, 5) is 0. The van der Waals surface area contributed by atoms with Crippen LogP contribution in [0.25, 0.3) is 0 Å². The molecular formula is C14H19NO2. The van der Waals surface area contributed by atoms with Gasteiger partial charge < -0.3 is 10.2 Å². The maximum atomic E-state index is 9.81. The molecule has 0 aliphatic heterocycles. The lowest BCUT2D eigenvalue weighted by Gasteiger charge is -2.21. The van der Waals surface area contributed by atoms with Crippen LogP contribution < -0.4 is 0 Å². The van der Waals surface area contributed by atoms with Gasteiger partial charge in [-0.3, -0.25) is 0 Å². The minimum Gasteiger partial charge on any atom is -0.389 e. The molecule has 0 saturated carbocycles. The van der Waals surface area contributed by atoms with Gasteiger partial charge in [-0.2, -0.15) is 5.26 Å². The van der Waals surface area contributed by atoms with E-state index >= 15 is 0 Å². The quantitative estimate of drug-likeness (QED) is 0.842. The highest BCUT2D eigenvalue weighted by molar-refractivity contribution is 5.29. The van der Waals surface area contributed by atoms with E-state index in [1.54, 1.807) is 12.1 Å². The monoisotopic (exact) mass is 233 g/mol. The minimum absolute atomic E-state index is 0.0642. The lowest BCUT2D eigenvalue weighted by Crippen LogP contribution is -2.18. The van der Waals surface area contributed by atoms with Crippen molar-refractivity contribution in [2.45, 2.75) is 44.8 Å². The highest BCUT2D eigenvalue weighted by Crippen LogP contribution is 2.25. The molecule has 1 aromatic carbocycles. The van der Waals surface area contributed by atoms with Crippen molar-refractivity contribution in [3.8, 4) is 6.07 Å². The van der Waals surface area contributed by atoms with Gasteiger partial charge in [0.15, 0.2) is 0 Å². The summed E-state index contributed by atoms with van der Waals surface area (Å²) in [6.07, 6.45) is -2.09. The third-order valence-electron chi connectivity index (χ3n) is 2.78. The van der Waals surface area contributed by atoms with E-state index in [0.717, 1.165) is 0 Å². The molecule has 17 heavy (non-hydrogen) atoms. The summed E-state index contributed by atoms with van der Waals surface area (Å²) in [5.41, 5.74) is 1.87. The molecular weight excluding hydrogens is 214 g/mol. The topological polar surface area (TPSA) is 64.2 Å². The molecule has 0 radical (unpaired) electrons. The van der Waals surface area contributed by atoms with Crippen molar-refractivity contribution >= 4 is 0 Å². The Bertz CT molecular complexity index is 398. The molecule has 0 aliphatic carbocycles. The van der Waals surface area contributed by atoms with Crippen molar-refractivity contribution in [3.05, 3.63) is 35.4 Å². The van der Waals surface area contributed by atoms with Crippen molar-refractivity contribution in [2.24, 2.45) is 0 Å². The number of aliphatic hydroxyl groups excluding tert-OH is 2. The Morgan fingerprint density at radius 3 is 2.12 bits per heavy atom. The number of benzene rings is 1. The number of hydrogen-bond donors (Lipinski definition) is 2. The molecule has 0 aromatic heterocycles. The molecule has 0 saturated heterocycles. The van der Waals surface area contributed by atoms with Gasteiger partial charge in [-0.15, -0.1) is 0 Å². The fourth-order valence-electron chi connectivity index (χ4n) is 1.61. The van der Waals surface area contributed by atoms with Gasteiger partial charge in [0.05, 0.1) is 18.6 Å². The third-order valence-corrected chi connectivity index (χ3v) is 2.78. The summed E-state index contributed by atoms with van der Waals surface area (Å²) in [6, 6.07) is 9.32. The van der Waals surface area contributed by atoms with Crippen LogP contribution in [0, 0.1) is 11.3 Å². The van der Waals surface area contributed by atoms with Crippen LogP contribution in [-0.2, 0) is 5.41 Å². The second-order valence-electron chi connectivity index (χ2n) is 5.25. The zero-order valence-electron chi connectivity index (χ0n) is 10.5. The highest BCUT2D eigenvalue weighted by atomic mass is 16.3. The summed E-state index contributed by atoms with van der Waals surface area (Å²) in [7, 11) is 0. The van der Waals surface area contributed by atoms with E-state index in [1.807, 2.05) is 18.2 Å². The van der Waals surface area contributed by atoms with Gasteiger partial charge in [0.1, 0.15) is 6.10 Å². The fourth-order valence-corrected chi connectivity index (χ4v) is 1.61. The van der Waals surface area contributed by atoms with Gasteiger partial charge in [0.2, 0.25) is 0 Å². The summed E-state index contributed by atoms with van der Waals surface area (Å²) in [6.45, 7) is 6.34. The van der Waals surface area contributed by atoms with Crippen LogP contribution >= 0.6 is 0 Å². The highest BCUT2D eigenvalue weighted by Gasteiger charge is 2.19. The van der Waals surface area contributed by atoms with Crippen molar-refractivity contribution < 1.29 is 10.2 Å². The van der Waals surface area contributed by atoms with Crippen LogP contribution in [0.5, 0.6) is 0 Å². The van der Waals surface area contributed by atoms with Crippen molar-refractivity contribution in [3.63, 3.8) is 0 Å². The average Bonchev–Trinajstić information content (AvgIpc) is 2.27. The lowest BCUT2D eigenvalue weighted by molar-refractivity contribution is 0.0216. The van der Waals surface area contributed by atoms with Gasteiger partial charge in [-0.1, -0.05) is 45.0 Å². The van der Waals surface area contributed by atoms with Crippen LogP contribution in [0.2, 0.25) is 0 Å². The first-order valence-electron chi connectivity index (χ1n) is 5.70. The number of nitriles is 1. The molecule has 0 aliphatic rings. The van der Waals surface area contributed by atoms with Crippen molar-refractivity contribution in [1.82, 2.24) is 0 Å². The number of aliphatic hydroxyl groups is 2. The number of rotatable bonds is 3. The molecule has 0 amide bonds. The number of nitrogens with zero attached hydrogens (tertiary/aromatic N) is 1. The van der Waals surface area contributed by atoms with Crippen LogP contribution in [-0.4, -0.2) is 16.3 Å². The Balaban J connectivity index is 2.85. The first-order chi connectivity index (χ1) is 7.86. The van der Waals surface area contributed by atoms with E-state index in [0.29, 0.717) is 5.56 Å². The van der Waals surface area contributed by atoms with Crippen molar-refractivity contribution in [2.75, 3.05) is 0 Å². The molecule has 3 heteroatoms. The Hall–Kier alpha value is -1.37. The molecule has 0 fully saturated rings. The van der Waals surface area contributed by atoms with Crippen molar-refractivity contribution in [1.29, 1.82) is 5.26 Å². The molecule has 2 atom stereocenters. The van der Waals surface area contributed by atoms with E-state index in [2.05, 4.69) is 20.8 Å². The predicted molar refractivity (Wildman–Crippen MR) is 66.3 cm³/mol. The second-order valence-corrected chi connectivity index (χ2v) is 5.25. The molecule has 3 nitrogen and oxygen atoms in total. The summed E-state index contributed by atoms with van der Waals surface area (Å²) in [5, 5.41) is 27.8. The van der Waals surface area contributed by atoms with E-state index in [1.165, 1.54) is 5.56 Å². The molecule has 92 valence electrons. The molecule has 2 N–H and O–H groups in total. The van der Waals surface area contributed by atoms with Crippen LogP contribution in [0.15, 0.2) is 24.3 Å². The van der Waals surface area contributed by atoms with Crippen LogP contribution in [0.1, 0.15) is 44.4 Å². The standard InChI is InChI=1S/C14H19NO2/c1-14(2,3)11-6-4-10(5-7-11)13(17)12(16)8-9-15/h4-7,12-13,16-17H,8H2,1-3H3. The average molecular weight is 233 g/mol. The molecule has 1 aromatic rings. The normalized spacial score (nSPS) is 15.1. The molecule has 2 unspecified atom stereocenters. The van der Waals surface area contributed by atoms with Gasteiger partial charge in [0, 0.05) is 0 Å². The van der Waals surface area contributed by atoms with Gasteiger partial charge in [-0.05, 0) is 16.5 Å². The second kappa shape index (κ2) is 5.31. The maximum Gasteiger partial charge on any atom is 0.106 e. The van der Waals surface area contributed by atoms with Gasteiger partial charge in [0.25, 0.3) is 0 Å². The van der Waals surface area contributed by atoms with E-state index in [4.69, 9.17) is 5.26 Å². The first kappa shape index (κ1) is 13.7.